The van der Waals surface area contributed by atoms with Crippen molar-refractivity contribution in [1.29, 1.82) is 0 Å². The van der Waals surface area contributed by atoms with E-state index < -0.39 is 66.3 Å². The maximum atomic E-state index is 13.2. The minimum absolute atomic E-state index is 0.0388. The number of aliphatic hydroxyl groups excluding tert-OH is 1. The van der Waals surface area contributed by atoms with Crippen LogP contribution in [-0.2, 0) is 46.4 Å². The maximum absolute atomic E-state index is 13.2. The number of carboxylic acid groups (broad SMARTS) is 1. The van der Waals surface area contributed by atoms with Crippen LogP contribution in [0, 0.1) is 5.92 Å². The van der Waals surface area contributed by atoms with Gasteiger partial charge in [-0.1, -0.05) is 121 Å². The molecule has 10 N–H and O–H groups in total. The predicted octanol–water partition coefficient (Wildman–Crippen LogP) is 4.08. The number of rotatable bonds is 33. The van der Waals surface area contributed by atoms with Gasteiger partial charge in [0, 0.05) is 25.8 Å². The number of unbranched alkanes of at least 4 members (excludes halogenated alkanes) is 11. The van der Waals surface area contributed by atoms with Crippen molar-refractivity contribution in [3.63, 3.8) is 0 Å². The fraction of sp³-hybridized carbons (Fsp3) is 0.596. The Hall–Kier alpha value is -5.51. The van der Waals surface area contributed by atoms with Gasteiger partial charge in [-0.25, -0.2) is 4.79 Å². The molecule has 2 rings (SSSR count). The number of aliphatic hydroxyl groups is 1. The third-order valence-corrected chi connectivity index (χ3v) is 10.6. The van der Waals surface area contributed by atoms with Crippen molar-refractivity contribution in [2.24, 2.45) is 11.7 Å². The number of carbonyl (C=O) groups excluding carboxylic acids is 6. The zero-order valence-corrected chi connectivity index (χ0v) is 37.4. The van der Waals surface area contributed by atoms with Gasteiger partial charge in [0.25, 0.3) is 0 Å². The Morgan fingerprint density at radius 2 is 1.13 bits per heavy atom. The highest BCUT2D eigenvalue weighted by atomic mass is 16.4. The molecule has 0 saturated heterocycles. The van der Waals surface area contributed by atoms with Crippen molar-refractivity contribution < 1.29 is 48.9 Å². The van der Waals surface area contributed by atoms with E-state index >= 15 is 0 Å². The fourth-order valence-electron chi connectivity index (χ4n) is 7.12. The maximum Gasteiger partial charge on any atom is 0.326 e. The molecule has 350 valence electrons. The van der Waals surface area contributed by atoms with Crippen molar-refractivity contribution in [2.45, 2.75) is 167 Å². The second kappa shape index (κ2) is 30.5. The third kappa shape index (κ3) is 24.1. The van der Waals surface area contributed by atoms with E-state index in [0.717, 1.165) is 69.8 Å². The Morgan fingerprint density at radius 3 is 1.63 bits per heavy atom. The lowest BCUT2D eigenvalue weighted by atomic mass is 10.0. The molecule has 63 heavy (non-hydrogen) atoms. The zero-order valence-electron chi connectivity index (χ0n) is 37.4. The van der Waals surface area contributed by atoms with Crippen LogP contribution in [0.1, 0.15) is 135 Å². The molecular weight excluding hydrogens is 809 g/mol. The summed E-state index contributed by atoms with van der Waals surface area (Å²) < 4.78 is 0. The summed E-state index contributed by atoms with van der Waals surface area (Å²) in [6, 6.07) is 11.0. The van der Waals surface area contributed by atoms with Gasteiger partial charge in [-0.3, -0.25) is 28.8 Å². The van der Waals surface area contributed by atoms with Gasteiger partial charge < -0.3 is 47.6 Å². The molecule has 0 spiro atoms. The van der Waals surface area contributed by atoms with E-state index in [1.807, 2.05) is 19.9 Å². The molecule has 6 amide bonds. The molecule has 0 saturated carbocycles. The lowest BCUT2D eigenvalue weighted by Gasteiger charge is -2.25. The number of primary amides is 1. The molecule has 2 aromatic rings. The smallest absolute Gasteiger partial charge is 0.326 e. The summed E-state index contributed by atoms with van der Waals surface area (Å²) in [6.07, 6.45) is 11.0. The van der Waals surface area contributed by atoms with Crippen LogP contribution in [0.4, 0.5) is 0 Å². The number of amides is 6. The minimum atomic E-state index is -1.27. The standard InChI is InChI=1S/C47H72N6O10/c1-32(2)28-37(44(59)49-27-26-35-22-19-23-36(55)29-35)51-46(61)43(33(3)54)53-42(58)25-18-13-11-9-7-5-4-6-8-10-12-17-24-41(57)50-38(31-40(48)56)45(60)52-39(47(62)63)30-34-20-15-14-16-21-34/h14-16,19-23,29,32-33,37-39,43,54-55H,4-13,17-18,24-28,30-31H2,1-3H3,(H2,48,56)(H,49,59)(H,50,57)(H,51,61)(H,52,60)(H,53,58)(H,62,63)/t33-,37-,38-,39-,43-/m0/s1. The highest BCUT2D eigenvalue weighted by Crippen LogP contribution is 2.15. The van der Waals surface area contributed by atoms with Crippen molar-refractivity contribution >= 4 is 41.4 Å². The van der Waals surface area contributed by atoms with Crippen molar-refractivity contribution in [2.75, 3.05) is 6.54 Å². The Balaban J connectivity index is 1.57. The molecule has 0 aliphatic heterocycles. The molecule has 0 unspecified atom stereocenters. The van der Waals surface area contributed by atoms with Gasteiger partial charge in [0.15, 0.2) is 0 Å². The van der Waals surface area contributed by atoms with Crippen LogP contribution in [0.3, 0.4) is 0 Å². The molecule has 2 aromatic carbocycles. The number of hydrogen-bond acceptors (Lipinski definition) is 9. The van der Waals surface area contributed by atoms with E-state index in [0.29, 0.717) is 37.8 Å². The molecule has 16 nitrogen and oxygen atoms in total. The minimum Gasteiger partial charge on any atom is -0.508 e. The second-order valence-corrected chi connectivity index (χ2v) is 16.8. The number of phenolic OH excluding ortho intramolecular Hbond substituents is 1. The first kappa shape index (κ1) is 53.6. The van der Waals surface area contributed by atoms with E-state index in [2.05, 4.69) is 26.6 Å². The average molecular weight is 881 g/mol. The molecule has 0 aliphatic carbocycles. The van der Waals surface area contributed by atoms with Crippen molar-refractivity contribution in [1.82, 2.24) is 26.6 Å². The van der Waals surface area contributed by atoms with E-state index in [-0.39, 0.29) is 42.7 Å². The van der Waals surface area contributed by atoms with Gasteiger partial charge in [-0.15, -0.1) is 0 Å². The largest absolute Gasteiger partial charge is 0.508 e. The molecule has 0 radical (unpaired) electrons. The highest BCUT2D eigenvalue weighted by molar-refractivity contribution is 5.94. The number of phenols is 1. The Bertz CT molecular complexity index is 1720. The number of hydrogen-bond donors (Lipinski definition) is 9. The average Bonchev–Trinajstić information content (AvgIpc) is 3.22. The zero-order chi connectivity index (χ0) is 46.6. The molecule has 0 bridgehead atoms. The number of nitrogens with one attached hydrogen (secondary N) is 5. The monoisotopic (exact) mass is 881 g/mol. The summed E-state index contributed by atoms with van der Waals surface area (Å²) >= 11 is 0. The lowest BCUT2D eigenvalue weighted by Crippen LogP contribution is -2.57. The van der Waals surface area contributed by atoms with Crippen molar-refractivity contribution in [3.8, 4) is 5.75 Å². The van der Waals surface area contributed by atoms with E-state index in [4.69, 9.17) is 5.73 Å². The molecular formula is C47H72N6O10. The van der Waals surface area contributed by atoms with Crippen LogP contribution in [0.5, 0.6) is 5.75 Å². The molecule has 0 aliphatic rings. The Labute approximate surface area is 372 Å². The van der Waals surface area contributed by atoms with Gasteiger partial charge in [-0.05, 0) is 61.8 Å². The Morgan fingerprint density at radius 1 is 0.603 bits per heavy atom. The fourth-order valence-corrected chi connectivity index (χ4v) is 7.12. The number of nitrogens with two attached hydrogens (primary N) is 1. The van der Waals surface area contributed by atoms with Gasteiger partial charge in [-0.2, -0.15) is 0 Å². The van der Waals surface area contributed by atoms with Crippen LogP contribution in [0.25, 0.3) is 0 Å². The lowest BCUT2D eigenvalue weighted by molar-refractivity contribution is -0.142. The van der Waals surface area contributed by atoms with Crippen LogP contribution in [-0.4, -0.2) is 93.5 Å². The van der Waals surface area contributed by atoms with Crippen LogP contribution >= 0.6 is 0 Å². The third-order valence-electron chi connectivity index (χ3n) is 10.6. The SMILES string of the molecule is CC(C)C[C@H](NC(=O)[C@@H](NC(=O)CCCCCCCCCCCCCCC(=O)N[C@@H](CC(N)=O)C(=O)N[C@@H](Cc1ccccc1)C(=O)O)[C@H](C)O)C(=O)NCCc1cccc(O)c1. The summed E-state index contributed by atoms with van der Waals surface area (Å²) in [5.41, 5.74) is 6.87. The first-order valence-electron chi connectivity index (χ1n) is 22.5. The molecule has 0 fully saturated rings. The van der Waals surface area contributed by atoms with E-state index in [9.17, 15) is 48.9 Å². The number of aliphatic carboxylic acids is 1. The molecule has 0 aromatic heterocycles. The Kier molecular flexibility index (Phi) is 26.0. The highest BCUT2D eigenvalue weighted by Gasteiger charge is 2.31. The molecule has 0 heterocycles. The normalized spacial score (nSPS) is 13.5. The summed E-state index contributed by atoms with van der Waals surface area (Å²) in [5, 5.41) is 42.8. The summed E-state index contributed by atoms with van der Waals surface area (Å²) in [6.45, 7) is 5.60. The van der Waals surface area contributed by atoms with Crippen molar-refractivity contribution in [3.05, 3.63) is 65.7 Å². The summed E-state index contributed by atoms with van der Waals surface area (Å²) in [7, 11) is 0. The quantitative estimate of drug-likeness (QED) is 0.0464. The number of aromatic hydroxyl groups is 1. The van der Waals surface area contributed by atoms with E-state index in [1.54, 1.807) is 48.5 Å². The first-order chi connectivity index (χ1) is 30.0. The van der Waals surface area contributed by atoms with Crippen LogP contribution < -0.4 is 32.3 Å². The van der Waals surface area contributed by atoms with Crippen LogP contribution in [0.15, 0.2) is 54.6 Å². The first-order valence-corrected chi connectivity index (χ1v) is 22.5. The number of benzene rings is 2. The summed E-state index contributed by atoms with van der Waals surface area (Å²) in [4.78, 5) is 87.8. The van der Waals surface area contributed by atoms with E-state index in [1.165, 1.54) is 6.92 Å². The topological polar surface area (TPSA) is 266 Å². The molecule has 16 heteroatoms. The summed E-state index contributed by atoms with van der Waals surface area (Å²) in [5.74, 6) is -4.32. The number of carboxylic acids is 1. The predicted molar refractivity (Wildman–Crippen MR) is 240 cm³/mol. The van der Waals surface area contributed by atoms with Gasteiger partial charge in [0.1, 0.15) is 29.9 Å². The van der Waals surface area contributed by atoms with Gasteiger partial charge in [0.2, 0.25) is 35.4 Å². The number of carbonyl (C=O) groups is 7. The second-order valence-electron chi connectivity index (χ2n) is 16.8. The van der Waals surface area contributed by atoms with Gasteiger partial charge >= 0.3 is 5.97 Å². The van der Waals surface area contributed by atoms with Gasteiger partial charge in [0.05, 0.1) is 12.5 Å². The van der Waals surface area contributed by atoms with Crippen LogP contribution in [0.2, 0.25) is 0 Å². The molecule has 5 atom stereocenters.